The fraction of sp³-hybridized carbons (Fsp3) is 0.700. The van der Waals surface area contributed by atoms with E-state index in [1.165, 1.54) is 0 Å². The number of hydrogen-bond donors (Lipinski definition) is 2. The van der Waals surface area contributed by atoms with Crippen LogP contribution in [0.25, 0.3) is 0 Å². The topological polar surface area (TPSA) is 104 Å². The van der Waals surface area contributed by atoms with Crippen LogP contribution in [0.5, 0.6) is 0 Å². The Morgan fingerprint density at radius 3 is 2.72 bits per heavy atom. The molecule has 2 N–H and O–H groups in total. The largest absolute Gasteiger partial charge is 0.356 e. The van der Waals surface area contributed by atoms with Crippen LogP contribution in [0.15, 0.2) is 0 Å². The van der Waals surface area contributed by atoms with Gasteiger partial charge in [-0.3, -0.25) is 9.59 Å². The molecule has 1 aromatic rings. The molecule has 8 nitrogen and oxygen atoms in total. The molecule has 98 valence electrons. The number of nitrogens with one attached hydrogen (secondary N) is 2. The van der Waals surface area contributed by atoms with Gasteiger partial charge in [-0.05, 0) is 25.0 Å². The third-order valence-corrected chi connectivity index (χ3v) is 3.04. The third-order valence-electron chi connectivity index (χ3n) is 3.04. The summed E-state index contributed by atoms with van der Waals surface area (Å²) in [4.78, 5) is 25.2. The molecule has 1 aliphatic heterocycles. The highest BCUT2D eigenvalue weighted by atomic mass is 16.2. The average Bonchev–Trinajstić information content (AvgIpc) is 2.92. The number of aromatic nitrogens is 4. The van der Waals surface area contributed by atoms with Crippen molar-refractivity contribution in [1.82, 2.24) is 30.8 Å². The quantitative estimate of drug-likeness (QED) is 0.732. The number of likely N-dealkylation sites (tertiary alicyclic amines) is 1. The van der Waals surface area contributed by atoms with Gasteiger partial charge in [-0.1, -0.05) is 0 Å². The van der Waals surface area contributed by atoms with Crippen molar-refractivity contribution in [3.05, 3.63) is 5.82 Å². The lowest BCUT2D eigenvalue weighted by Gasteiger charge is -2.30. The summed E-state index contributed by atoms with van der Waals surface area (Å²) in [6.45, 7) is 3.64. The molecule has 18 heavy (non-hydrogen) atoms. The highest BCUT2D eigenvalue weighted by Gasteiger charge is 2.28. The standard InChI is InChI=1S/C10H16N6O2/c1-2-11-9(17)7-3-5-16(6-4-7)10(18)8-12-14-15-13-8/h7H,2-6H2,1H3,(H,11,17)(H,12,13,14,15). The van der Waals surface area contributed by atoms with Gasteiger partial charge in [0.15, 0.2) is 0 Å². The lowest BCUT2D eigenvalue weighted by atomic mass is 9.96. The molecule has 0 aliphatic carbocycles. The number of H-pyrrole nitrogens is 1. The summed E-state index contributed by atoms with van der Waals surface area (Å²) in [6, 6.07) is 0. The van der Waals surface area contributed by atoms with E-state index in [1.54, 1.807) is 4.90 Å². The second-order valence-corrected chi connectivity index (χ2v) is 4.20. The number of aromatic amines is 1. The monoisotopic (exact) mass is 252 g/mol. The molecule has 8 heteroatoms. The highest BCUT2D eigenvalue weighted by molar-refractivity contribution is 5.90. The molecule has 1 fully saturated rings. The Balaban J connectivity index is 1.87. The Labute approximate surface area is 104 Å². The Morgan fingerprint density at radius 1 is 1.44 bits per heavy atom. The minimum atomic E-state index is -0.238. The van der Waals surface area contributed by atoms with Crippen molar-refractivity contribution >= 4 is 11.8 Å². The first-order chi connectivity index (χ1) is 8.72. The SMILES string of the molecule is CCNC(=O)C1CCN(C(=O)c2nn[nH]n2)CC1. The van der Waals surface area contributed by atoms with Gasteiger partial charge in [0.05, 0.1) is 0 Å². The minimum Gasteiger partial charge on any atom is -0.356 e. The van der Waals surface area contributed by atoms with Crippen molar-refractivity contribution in [2.24, 2.45) is 5.92 Å². The van der Waals surface area contributed by atoms with Crippen LogP contribution in [0.4, 0.5) is 0 Å². The smallest absolute Gasteiger partial charge is 0.295 e. The zero-order valence-corrected chi connectivity index (χ0v) is 10.2. The molecule has 0 saturated carbocycles. The van der Waals surface area contributed by atoms with Crippen molar-refractivity contribution in [3.63, 3.8) is 0 Å². The van der Waals surface area contributed by atoms with E-state index in [0.29, 0.717) is 32.5 Å². The van der Waals surface area contributed by atoms with E-state index in [9.17, 15) is 9.59 Å². The summed E-state index contributed by atoms with van der Waals surface area (Å²) in [5, 5.41) is 15.7. The van der Waals surface area contributed by atoms with E-state index in [2.05, 4.69) is 25.9 Å². The molecule has 1 saturated heterocycles. The van der Waals surface area contributed by atoms with Gasteiger partial charge in [0.2, 0.25) is 5.91 Å². The van der Waals surface area contributed by atoms with E-state index >= 15 is 0 Å². The van der Waals surface area contributed by atoms with Crippen LogP contribution in [0.3, 0.4) is 0 Å². The molecule has 1 aliphatic rings. The third kappa shape index (κ3) is 2.63. The molecule has 0 atom stereocenters. The fourth-order valence-corrected chi connectivity index (χ4v) is 2.06. The minimum absolute atomic E-state index is 0.000678. The van der Waals surface area contributed by atoms with Crippen LogP contribution in [0.2, 0.25) is 0 Å². The van der Waals surface area contributed by atoms with Crippen LogP contribution in [-0.2, 0) is 4.79 Å². The predicted molar refractivity (Wildman–Crippen MR) is 61.5 cm³/mol. The van der Waals surface area contributed by atoms with Gasteiger partial charge in [0.25, 0.3) is 11.7 Å². The van der Waals surface area contributed by atoms with Crippen LogP contribution in [0, 0.1) is 5.92 Å². The molecule has 1 aromatic heterocycles. The Bertz CT molecular complexity index is 410. The van der Waals surface area contributed by atoms with Gasteiger partial charge >= 0.3 is 0 Å². The maximum Gasteiger partial charge on any atom is 0.295 e. The zero-order chi connectivity index (χ0) is 13.0. The molecule has 2 rings (SSSR count). The van der Waals surface area contributed by atoms with Crippen molar-refractivity contribution in [3.8, 4) is 0 Å². The highest BCUT2D eigenvalue weighted by Crippen LogP contribution is 2.18. The Kier molecular flexibility index (Phi) is 3.85. The molecular weight excluding hydrogens is 236 g/mol. The molecule has 0 bridgehead atoms. The molecule has 0 radical (unpaired) electrons. The molecular formula is C10H16N6O2. The molecule has 0 aromatic carbocycles. The van der Waals surface area contributed by atoms with E-state index in [0.717, 1.165) is 0 Å². The number of rotatable bonds is 3. The lowest BCUT2D eigenvalue weighted by Crippen LogP contribution is -2.43. The van der Waals surface area contributed by atoms with Crippen molar-refractivity contribution in [1.29, 1.82) is 0 Å². The zero-order valence-electron chi connectivity index (χ0n) is 10.2. The first-order valence-electron chi connectivity index (χ1n) is 6.02. The molecule has 0 spiro atoms. The van der Waals surface area contributed by atoms with Gasteiger partial charge in [0.1, 0.15) is 0 Å². The van der Waals surface area contributed by atoms with E-state index in [1.807, 2.05) is 6.92 Å². The molecule has 0 unspecified atom stereocenters. The Hall–Kier alpha value is -1.99. The van der Waals surface area contributed by atoms with Crippen molar-refractivity contribution in [2.75, 3.05) is 19.6 Å². The average molecular weight is 252 g/mol. The number of nitrogens with zero attached hydrogens (tertiary/aromatic N) is 4. The summed E-state index contributed by atoms with van der Waals surface area (Å²) in [7, 11) is 0. The summed E-state index contributed by atoms with van der Waals surface area (Å²) in [5.41, 5.74) is 0. The summed E-state index contributed by atoms with van der Waals surface area (Å²) in [6.07, 6.45) is 1.35. The van der Waals surface area contributed by atoms with Crippen LogP contribution in [-0.4, -0.2) is 57.0 Å². The van der Waals surface area contributed by atoms with Gasteiger partial charge in [-0.2, -0.15) is 5.21 Å². The fourth-order valence-electron chi connectivity index (χ4n) is 2.06. The lowest BCUT2D eigenvalue weighted by molar-refractivity contribution is -0.126. The second-order valence-electron chi connectivity index (χ2n) is 4.20. The summed E-state index contributed by atoms with van der Waals surface area (Å²) >= 11 is 0. The van der Waals surface area contributed by atoms with Crippen molar-refractivity contribution < 1.29 is 9.59 Å². The van der Waals surface area contributed by atoms with Gasteiger partial charge in [-0.15, -0.1) is 10.2 Å². The maximum absolute atomic E-state index is 11.9. The molecule has 2 heterocycles. The second kappa shape index (κ2) is 5.56. The van der Waals surface area contributed by atoms with E-state index in [-0.39, 0.29) is 23.6 Å². The number of amides is 2. The van der Waals surface area contributed by atoms with Gasteiger partial charge in [-0.25, -0.2) is 0 Å². The first-order valence-corrected chi connectivity index (χ1v) is 6.02. The maximum atomic E-state index is 11.9. The van der Waals surface area contributed by atoms with E-state index < -0.39 is 0 Å². The normalized spacial score (nSPS) is 16.6. The summed E-state index contributed by atoms with van der Waals surface area (Å²) < 4.78 is 0. The van der Waals surface area contributed by atoms with Crippen LogP contribution < -0.4 is 5.32 Å². The van der Waals surface area contributed by atoms with Crippen LogP contribution in [0.1, 0.15) is 30.4 Å². The van der Waals surface area contributed by atoms with Gasteiger partial charge in [0, 0.05) is 25.6 Å². The summed E-state index contributed by atoms with van der Waals surface area (Å²) in [5.74, 6) is -0.0898. The molecule has 2 amide bonds. The number of piperidine rings is 1. The van der Waals surface area contributed by atoms with Crippen LogP contribution >= 0.6 is 0 Å². The predicted octanol–water partition coefficient (Wildman–Crippen LogP) is -0.812. The first kappa shape index (κ1) is 12.5. The van der Waals surface area contributed by atoms with Gasteiger partial charge < -0.3 is 10.2 Å². The Morgan fingerprint density at radius 2 is 2.17 bits per heavy atom. The number of tetrazole rings is 1. The number of carbonyl (C=O) groups is 2. The number of hydrogen-bond acceptors (Lipinski definition) is 5. The van der Waals surface area contributed by atoms with Crippen molar-refractivity contribution in [2.45, 2.75) is 19.8 Å². The number of carbonyl (C=O) groups excluding carboxylic acids is 2. The van der Waals surface area contributed by atoms with E-state index in [4.69, 9.17) is 0 Å².